The van der Waals surface area contributed by atoms with Crippen molar-refractivity contribution in [1.29, 1.82) is 0 Å². The van der Waals surface area contributed by atoms with Gasteiger partial charge in [-0.05, 0) is 25.0 Å². The molecule has 0 fully saturated rings. The quantitative estimate of drug-likeness (QED) is 0.396. The summed E-state index contributed by atoms with van der Waals surface area (Å²) in [7, 11) is 0. The van der Waals surface area contributed by atoms with Gasteiger partial charge in [0.25, 0.3) is 0 Å². The van der Waals surface area contributed by atoms with Gasteiger partial charge in [-0.3, -0.25) is 4.79 Å². The second-order valence-corrected chi connectivity index (χ2v) is 6.08. The number of rotatable bonds is 10. The van der Waals surface area contributed by atoms with E-state index in [1.807, 2.05) is 6.07 Å². The standard InChI is InChI=1S/C16H26OS/c1-3-5-6-7-8-9-10-11-15(17)16-13-12-14(4-2)18-16/h12-13H,3-11H2,1-2H3. The minimum atomic E-state index is 0.341. The molecule has 2 heteroatoms. The van der Waals surface area contributed by atoms with E-state index in [9.17, 15) is 4.79 Å². The third-order valence-electron chi connectivity index (χ3n) is 3.29. The van der Waals surface area contributed by atoms with Gasteiger partial charge >= 0.3 is 0 Å². The normalized spacial score (nSPS) is 10.8. The smallest absolute Gasteiger partial charge is 0.172 e. The van der Waals surface area contributed by atoms with Gasteiger partial charge in [-0.15, -0.1) is 11.3 Å². The molecule has 0 saturated heterocycles. The number of hydrogen-bond acceptors (Lipinski definition) is 2. The van der Waals surface area contributed by atoms with Gasteiger partial charge in [-0.2, -0.15) is 0 Å². The average Bonchev–Trinajstić information content (AvgIpc) is 2.86. The van der Waals surface area contributed by atoms with E-state index in [0.717, 1.165) is 24.1 Å². The highest BCUT2D eigenvalue weighted by Gasteiger charge is 2.08. The van der Waals surface area contributed by atoms with Crippen molar-refractivity contribution in [2.45, 2.75) is 71.6 Å². The molecular formula is C16H26OS. The number of aryl methyl sites for hydroxylation is 1. The lowest BCUT2D eigenvalue weighted by molar-refractivity contribution is 0.0983. The number of carbonyl (C=O) groups is 1. The lowest BCUT2D eigenvalue weighted by Crippen LogP contribution is -1.95. The van der Waals surface area contributed by atoms with Crippen LogP contribution in [-0.4, -0.2) is 5.78 Å². The molecule has 0 spiro atoms. The highest BCUT2D eigenvalue weighted by atomic mass is 32.1. The SMILES string of the molecule is CCCCCCCCCC(=O)c1ccc(CC)s1. The van der Waals surface area contributed by atoms with Gasteiger partial charge in [0.05, 0.1) is 4.88 Å². The molecule has 1 heterocycles. The van der Waals surface area contributed by atoms with Crippen LogP contribution in [0.4, 0.5) is 0 Å². The van der Waals surface area contributed by atoms with Crippen molar-refractivity contribution in [1.82, 2.24) is 0 Å². The van der Waals surface area contributed by atoms with Crippen molar-refractivity contribution in [2.75, 3.05) is 0 Å². The first-order chi connectivity index (χ1) is 8.77. The summed E-state index contributed by atoms with van der Waals surface area (Å²) in [6.07, 6.45) is 10.7. The summed E-state index contributed by atoms with van der Waals surface area (Å²) in [4.78, 5) is 14.2. The Kier molecular flexibility index (Phi) is 7.99. The summed E-state index contributed by atoms with van der Waals surface area (Å²) in [6, 6.07) is 4.08. The molecule has 1 nitrogen and oxygen atoms in total. The number of hydrogen-bond donors (Lipinski definition) is 0. The Morgan fingerprint density at radius 3 is 2.28 bits per heavy atom. The first-order valence-corrected chi connectivity index (χ1v) is 8.21. The third kappa shape index (κ3) is 5.81. The zero-order valence-corrected chi connectivity index (χ0v) is 12.7. The molecule has 0 amide bonds. The van der Waals surface area contributed by atoms with Crippen LogP contribution < -0.4 is 0 Å². The van der Waals surface area contributed by atoms with Crippen LogP contribution in [0.15, 0.2) is 12.1 Å². The van der Waals surface area contributed by atoms with E-state index in [4.69, 9.17) is 0 Å². The number of Topliss-reactive ketones (excluding diaryl/α,β-unsaturated/α-hetero) is 1. The molecule has 0 radical (unpaired) electrons. The van der Waals surface area contributed by atoms with Crippen LogP contribution in [0.1, 0.15) is 79.8 Å². The Labute approximate surface area is 116 Å². The summed E-state index contributed by atoms with van der Waals surface area (Å²) < 4.78 is 0. The molecule has 1 rings (SSSR count). The molecule has 1 aromatic rings. The van der Waals surface area contributed by atoms with E-state index < -0.39 is 0 Å². The van der Waals surface area contributed by atoms with Crippen molar-refractivity contribution in [3.8, 4) is 0 Å². The molecule has 0 bridgehead atoms. The first kappa shape index (κ1) is 15.4. The largest absolute Gasteiger partial charge is 0.293 e. The van der Waals surface area contributed by atoms with Gasteiger partial charge in [-0.25, -0.2) is 0 Å². The summed E-state index contributed by atoms with van der Waals surface area (Å²) in [5.74, 6) is 0.341. The van der Waals surface area contributed by atoms with E-state index in [1.165, 1.54) is 43.4 Å². The average molecular weight is 266 g/mol. The van der Waals surface area contributed by atoms with Crippen LogP contribution >= 0.6 is 11.3 Å². The van der Waals surface area contributed by atoms with Crippen LogP contribution in [0.25, 0.3) is 0 Å². The molecule has 0 aliphatic carbocycles. The van der Waals surface area contributed by atoms with Crippen LogP contribution in [-0.2, 0) is 6.42 Å². The van der Waals surface area contributed by atoms with Crippen molar-refractivity contribution in [3.63, 3.8) is 0 Å². The maximum Gasteiger partial charge on any atom is 0.172 e. The van der Waals surface area contributed by atoms with E-state index in [-0.39, 0.29) is 0 Å². The molecule has 18 heavy (non-hydrogen) atoms. The fraction of sp³-hybridized carbons (Fsp3) is 0.688. The minimum Gasteiger partial charge on any atom is -0.293 e. The zero-order chi connectivity index (χ0) is 13.2. The Hall–Kier alpha value is -0.630. The molecule has 0 aliphatic heterocycles. The molecule has 102 valence electrons. The number of carbonyl (C=O) groups excluding carboxylic acids is 1. The van der Waals surface area contributed by atoms with Crippen LogP contribution in [0.2, 0.25) is 0 Å². The summed E-state index contributed by atoms with van der Waals surface area (Å²) >= 11 is 1.67. The summed E-state index contributed by atoms with van der Waals surface area (Å²) in [6.45, 7) is 4.38. The maximum atomic E-state index is 11.9. The van der Waals surface area contributed by atoms with Gasteiger partial charge in [0.15, 0.2) is 5.78 Å². The van der Waals surface area contributed by atoms with Gasteiger partial charge < -0.3 is 0 Å². The van der Waals surface area contributed by atoms with E-state index >= 15 is 0 Å². The molecule has 0 unspecified atom stereocenters. The summed E-state index contributed by atoms with van der Waals surface area (Å²) in [5.41, 5.74) is 0. The Balaban J connectivity index is 2.10. The Bertz CT molecular complexity index is 341. The van der Waals surface area contributed by atoms with Crippen molar-refractivity contribution < 1.29 is 4.79 Å². The van der Waals surface area contributed by atoms with Crippen molar-refractivity contribution >= 4 is 17.1 Å². The molecule has 1 aromatic heterocycles. The first-order valence-electron chi connectivity index (χ1n) is 7.39. The predicted molar refractivity (Wildman–Crippen MR) is 80.6 cm³/mol. The number of thiophene rings is 1. The van der Waals surface area contributed by atoms with Gasteiger partial charge in [0.2, 0.25) is 0 Å². The number of unbranched alkanes of at least 4 members (excludes halogenated alkanes) is 6. The maximum absolute atomic E-state index is 11.9. The van der Waals surface area contributed by atoms with Gasteiger partial charge in [-0.1, -0.05) is 52.4 Å². The van der Waals surface area contributed by atoms with Gasteiger partial charge in [0, 0.05) is 11.3 Å². The third-order valence-corrected chi connectivity index (χ3v) is 4.56. The minimum absolute atomic E-state index is 0.341. The molecule has 0 aliphatic rings. The number of ketones is 1. The second-order valence-electron chi connectivity index (χ2n) is 4.91. The molecule has 0 saturated carbocycles. The van der Waals surface area contributed by atoms with Crippen molar-refractivity contribution in [3.05, 3.63) is 21.9 Å². The Morgan fingerprint density at radius 1 is 1.00 bits per heavy atom. The van der Waals surface area contributed by atoms with Crippen LogP contribution in [0, 0.1) is 0 Å². The fourth-order valence-electron chi connectivity index (χ4n) is 2.08. The highest BCUT2D eigenvalue weighted by molar-refractivity contribution is 7.14. The highest BCUT2D eigenvalue weighted by Crippen LogP contribution is 2.19. The van der Waals surface area contributed by atoms with Crippen LogP contribution in [0.5, 0.6) is 0 Å². The van der Waals surface area contributed by atoms with E-state index in [1.54, 1.807) is 11.3 Å². The molecule has 0 aromatic carbocycles. The lowest BCUT2D eigenvalue weighted by atomic mass is 10.1. The molecule has 0 atom stereocenters. The molecular weight excluding hydrogens is 240 g/mol. The molecule has 0 N–H and O–H groups in total. The predicted octanol–water partition coefficient (Wildman–Crippen LogP) is 5.63. The topological polar surface area (TPSA) is 17.1 Å². The van der Waals surface area contributed by atoms with Crippen LogP contribution in [0.3, 0.4) is 0 Å². The Morgan fingerprint density at radius 2 is 1.67 bits per heavy atom. The monoisotopic (exact) mass is 266 g/mol. The van der Waals surface area contributed by atoms with E-state index in [2.05, 4.69) is 19.9 Å². The zero-order valence-electron chi connectivity index (χ0n) is 11.8. The van der Waals surface area contributed by atoms with Gasteiger partial charge in [0.1, 0.15) is 0 Å². The lowest BCUT2D eigenvalue weighted by Gasteiger charge is -2.00. The summed E-state index contributed by atoms with van der Waals surface area (Å²) in [5, 5.41) is 0. The van der Waals surface area contributed by atoms with E-state index in [0.29, 0.717) is 5.78 Å². The van der Waals surface area contributed by atoms with Crippen molar-refractivity contribution in [2.24, 2.45) is 0 Å². The second kappa shape index (κ2) is 9.32. The fourth-order valence-corrected chi connectivity index (χ4v) is 3.00.